The van der Waals surface area contributed by atoms with E-state index < -0.39 is 0 Å². The van der Waals surface area contributed by atoms with Crippen LogP contribution in [0, 0.1) is 5.92 Å². The van der Waals surface area contributed by atoms with Crippen LogP contribution in [0.15, 0.2) is 12.3 Å². The highest BCUT2D eigenvalue weighted by Gasteiger charge is 2.18. The Morgan fingerprint density at radius 3 is 2.76 bits per heavy atom. The number of halogens is 1. The molecular weight excluding hydrogens is 276 g/mol. The largest absolute Gasteiger partial charge is 0.269 e. The first kappa shape index (κ1) is 13.1. The Morgan fingerprint density at radius 2 is 2.12 bits per heavy atom. The van der Waals surface area contributed by atoms with Crippen LogP contribution in [0.25, 0.3) is 0 Å². The Labute approximate surface area is 113 Å². The van der Waals surface area contributed by atoms with Gasteiger partial charge in [-0.1, -0.05) is 42.6 Å². The lowest BCUT2D eigenvalue weighted by Gasteiger charge is -2.12. The van der Waals surface area contributed by atoms with E-state index >= 15 is 0 Å². The summed E-state index contributed by atoms with van der Waals surface area (Å²) in [6.07, 6.45) is 9.88. The van der Waals surface area contributed by atoms with Crippen LogP contribution in [0.1, 0.15) is 57.7 Å². The van der Waals surface area contributed by atoms with Crippen LogP contribution in [0.4, 0.5) is 0 Å². The second-order valence-corrected chi connectivity index (χ2v) is 7.11. The van der Waals surface area contributed by atoms with Gasteiger partial charge in [0, 0.05) is 11.0 Å². The maximum atomic E-state index is 4.74. The lowest BCUT2D eigenvalue weighted by Crippen LogP contribution is -2.08. The molecule has 1 saturated carbocycles. The molecule has 1 aromatic rings. The van der Waals surface area contributed by atoms with E-state index in [1.54, 1.807) is 0 Å². The van der Waals surface area contributed by atoms with E-state index in [-0.39, 0.29) is 0 Å². The lowest BCUT2D eigenvalue weighted by molar-refractivity contribution is 0.454. The minimum atomic E-state index is 0.606. The van der Waals surface area contributed by atoms with Gasteiger partial charge < -0.3 is 0 Å². The van der Waals surface area contributed by atoms with E-state index in [1.807, 2.05) is 0 Å². The van der Waals surface area contributed by atoms with Crippen LogP contribution in [-0.2, 0) is 6.42 Å². The predicted octanol–water partition coefficient (Wildman–Crippen LogP) is 4.35. The topological polar surface area (TPSA) is 17.8 Å². The van der Waals surface area contributed by atoms with Gasteiger partial charge in [0.05, 0.1) is 11.7 Å². The second-order valence-electron chi connectivity index (χ2n) is 5.55. The molecule has 2 nitrogen and oxygen atoms in total. The third-order valence-corrected chi connectivity index (χ3v) is 4.02. The Kier molecular flexibility index (Phi) is 4.66. The molecule has 2 rings (SSSR count). The van der Waals surface area contributed by atoms with Gasteiger partial charge in [-0.2, -0.15) is 5.10 Å². The van der Waals surface area contributed by atoms with Gasteiger partial charge in [-0.05, 0) is 37.7 Å². The lowest BCUT2D eigenvalue weighted by atomic mass is 10.0. The zero-order valence-electron chi connectivity index (χ0n) is 10.9. The average molecular weight is 299 g/mol. The molecule has 0 amide bonds. The molecule has 2 atom stereocenters. The number of rotatable bonds is 5. The van der Waals surface area contributed by atoms with Gasteiger partial charge in [0.1, 0.15) is 0 Å². The van der Waals surface area contributed by atoms with Gasteiger partial charge in [-0.15, -0.1) is 0 Å². The number of hydrogen-bond acceptors (Lipinski definition) is 1. The molecule has 0 aliphatic heterocycles. The number of aromatic nitrogens is 2. The quantitative estimate of drug-likeness (QED) is 0.739. The molecule has 0 bridgehead atoms. The Hall–Kier alpha value is -0.310. The van der Waals surface area contributed by atoms with Crippen LogP contribution in [0.2, 0.25) is 0 Å². The van der Waals surface area contributed by atoms with Crippen molar-refractivity contribution in [3.8, 4) is 0 Å². The van der Waals surface area contributed by atoms with Crippen molar-refractivity contribution in [1.29, 1.82) is 0 Å². The third kappa shape index (κ3) is 3.84. The highest BCUT2D eigenvalue weighted by atomic mass is 79.9. The molecule has 1 aliphatic rings. The molecule has 1 aliphatic carbocycles. The van der Waals surface area contributed by atoms with Crippen molar-refractivity contribution in [2.24, 2.45) is 5.92 Å². The molecule has 1 heterocycles. The summed E-state index contributed by atoms with van der Waals surface area (Å²) in [4.78, 5) is 0.606. The van der Waals surface area contributed by atoms with E-state index in [0.717, 1.165) is 6.42 Å². The fraction of sp³-hybridized carbons (Fsp3) is 0.786. The van der Waals surface area contributed by atoms with Crippen LogP contribution in [0.3, 0.4) is 0 Å². The highest BCUT2D eigenvalue weighted by molar-refractivity contribution is 9.09. The molecular formula is C14H23BrN2. The van der Waals surface area contributed by atoms with Gasteiger partial charge in [0.2, 0.25) is 0 Å². The van der Waals surface area contributed by atoms with Crippen LogP contribution < -0.4 is 0 Å². The summed E-state index contributed by atoms with van der Waals surface area (Å²) in [6, 6.07) is 2.88. The van der Waals surface area contributed by atoms with Crippen molar-refractivity contribution in [1.82, 2.24) is 9.78 Å². The molecule has 96 valence electrons. The summed E-state index contributed by atoms with van der Waals surface area (Å²) in [5.74, 6) is 0.705. The molecule has 1 fully saturated rings. The summed E-state index contributed by atoms with van der Waals surface area (Å²) in [7, 11) is 0. The number of nitrogens with zero attached hydrogens (tertiary/aromatic N) is 2. The van der Waals surface area contributed by atoms with Crippen molar-refractivity contribution in [2.75, 3.05) is 0 Å². The molecule has 0 radical (unpaired) electrons. The normalized spacial score (nSPS) is 20.6. The van der Waals surface area contributed by atoms with Crippen molar-refractivity contribution >= 4 is 15.9 Å². The first-order valence-electron chi connectivity index (χ1n) is 6.83. The van der Waals surface area contributed by atoms with E-state index in [0.29, 0.717) is 16.8 Å². The summed E-state index contributed by atoms with van der Waals surface area (Å²) < 4.78 is 2.20. The van der Waals surface area contributed by atoms with Gasteiger partial charge in [0.25, 0.3) is 0 Å². The van der Waals surface area contributed by atoms with Crippen LogP contribution >= 0.6 is 15.9 Å². The number of hydrogen-bond donors (Lipinski definition) is 0. The molecule has 0 saturated heterocycles. The van der Waals surface area contributed by atoms with Gasteiger partial charge in [-0.3, -0.25) is 4.68 Å². The van der Waals surface area contributed by atoms with E-state index in [4.69, 9.17) is 5.10 Å². The highest BCUT2D eigenvalue weighted by Crippen LogP contribution is 2.29. The molecule has 0 aromatic carbocycles. The minimum absolute atomic E-state index is 0.606. The van der Waals surface area contributed by atoms with Gasteiger partial charge in [0.15, 0.2) is 0 Å². The smallest absolute Gasteiger partial charge is 0.0627 e. The van der Waals surface area contributed by atoms with Crippen molar-refractivity contribution in [3.63, 3.8) is 0 Å². The van der Waals surface area contributed by atoms with Gasteiger partial charge in [-0.25, -0.2) is 0 Å². The molecule has 3 heteroatoms. The van der Waals surface area contributed by atoms with Crippen LogP contribution in [0.5, 0.6) is 0 Å². The summed E-state index contributed by atoms with van der Waals surface area (Å²) >= 11 is 3.62. The second kappa shape index (κ2) is 6.03. The van der Waals surface area contributed by atoms with E-state index in [9.17, 15) is 0 Å². The van der Waals surface area contributed by atoms with E-state index in [2.05, 4.69) is 46.7 Å². The van der Waals surface area contributed by atoms with Crippen molar-refractivity contribution in [2.45, 2.75) is 63.2 Å². The van der Waals surface area contributed by atoms with E-state index in [1.165, 1.54) is 37.8 Å². The fourth-order valence-electron chi connectivity index (χ4n) is 2.85. The fourth-order valence-corrected chi connectivity index (χ4v) is 3.49. The average Bonchev–Trinajstić information content (AvgIpc) is 2.84. The maximum absolute atomic E-state index is 4.74. The first-order chi connectivity index (χ1) is 8.15. The SMILES string of the molecule is CC(Br)CC(C)Cc1ccn(C2CCCC2)n1. The van der Waals surface area contributed by atoms with Crippen molar-refractivity contribution < 1.29 is 0 Å². The number of alkyl halides is 1. The summed E-state index contributed by atoms with van der Waals surface area (Å²) in [6.45, 7) is 4.53. The third-order valence-electron chi connectivity index (χ3n) is 3.65. The predicted molar refractivity (Wildman–Crippen MR) is 75.6 cm³/mol. The van der Waals surface area contributed by atoms with Crippen LogP contribution in [-0.4, -0.2) is 14.6 Å². The Morgan fingerprint density at radius 1 is 1.41 bits per heavy atom. The first-order valence-corrected chi connectivity index (χ1v) is 7.75. The van der Waals surface area contributed by atoms with Crippen molar-refractivity contribution in [3.05, 3.63) is 18.0 Å². The standard InChI is InChI=1S/C14H23BrN2/c1-11(9-12(2)15)10-13-7-8-17(16-13)14-5-3-4-6-14/h7-8,11-12,14H,3-6,9-10H2,1-2H3. The Balaban J connectivity index is 1.89. The van der Waals surface area contributed by atoms with Gasteiger partial charge >= 0.3 is 0 Å². The molecule has 2 unspecified atom stereocenters. The molecule has 0 N–H and O–H groups in total. The molecule has 0 spiro atoms. The molecule has 1 aromatic heterocycles. The maximum Gasteiger partial charge on any atom is 0.0627 e. The summed E-state index contributed by atoms with van der Waals surface area (Å²) in [5.41, 5.74) is 1.26. The monoisotopic (exact) mass is 298 g/mol. The molecule has 17 heavy (non-hydrogen) atoms. The summed E-state index contributed by atoms with van der Waals surface area (Å²) in [5, 5.41) is 4.74. The Bertz CT molecular complexity index is 340. The zero-order chi connectivity index (χ0) is 12.3. The minimum Gasteiger partial charge on any atom is -0.269 e. The zero-order valence-corrected chi connectivity index (χ0v) is 12.5.